The number of rotatable bonds is 7. The van der Waals surface area contributed by atoms with E-state index in [2.05, 4.69) is 37.1 Å². The summed E-state index contributed by atoms with van der Waals surface area (Å²) >= 11 is 12.7. The lowest BCUT2D eigenvalue weighted by Gasteiger charge is -2.22. The molecule has 1 aliphatic rings. The predicted octanol–water partition coefficient (Wildman–Crippen LogP) is 5.45. The van der Waals surface area contributed by atoms with Gasteiger partial charge in [-0.05, 0) is 47.0 Å². The zero-order valence-electron chi connectivity index (χ0n) is 21.7. The monoisotopic (exact) mass is 602 g/mol. The molecule has 0 bridgehead atoms. The molecule has 5 aromatic rings. The van der Waals surface area contributed by atoms with E-state index in [1.54, 1.807) is 23.2 Å². The van der Waals surface area contributed by atoms with Crippen LogP contribution in [0, 0.1) is 17.1 Å². The van der Waals surface area contributed by atoms with Crippen molar-refractivity contribution < 1.29 is 14.3 Å². The molecule has 0 fully saturated rings. The summed E-state index contributed by atoms with van der Waals surface area (Å²) in [6.07, 6.45) is 3.09. The zero-order valence-corrected chi connectivity index (χ0v) is 23.2. The molecule has 3 heterocycles. The molecule has 0 radical (unpaired) electrons. The number of pyridine rings is 1. The third kappa shape index (κ3) is 5.07. The highest BCUT2D eigenvalue weighted by Gasteiger charge is 2.29. The summed E-state index contributed by atoms with van der Waals surface area (Å²) in [7, 11) is 0. The van der Waals surface area contributed by atoms with Crippen LogP contribution in [0.4, 0.5) is 21.5 Å². The van der Waals surface area contributed by atoms with Gasteiger partial charge in [0, 0.05) is 42.2 Å². The van der Waals surface area contributed by atoms with Gasteiger partial charge >= 0.3 is 0 Å². The Morgan fingerprint density at radius 2 is 2.00 bits per heavy atom. The lowest BCUT2D eigenvalue weighted by molar-refractivity contribution is -0.134. The van der Waals surface area contributed by atoms with Gasteiger partial charge in [0.05, 0.1) is 32.9 Å². The van der Waals surface area contributed by atoms with E-state index in [0.717, 1.165) is 16.7 Å². The second-order valence-corrected chi connectivity index (χ2v) is 10.4. The Morgan fingerprint density at radius 3 is 2.74 bits per heavy atom. The molecular weight excluding hydrogens is 582 g/mol. The van der Waals surface area contributed by atoms with Gasteiger partial charge in [-0.2, -0.15) is 5.26 Å². The Hall–Kier alpha value is -4.76. The minimum absolute atomic E-state index is 0.0673. The number of nitriles is 1. The van der Waals surface area contributed by atoms with Crippen LogP contribution in [-0.4, -0.2) is 42.9 Å². The van der Waals surface area contributed by atoms with Gasteiger partial charge in [0.25, 0.3) is 0 Å². The number of hydrogen-bond donors (Lipinski definition) is 4. The van der Waals surface area contributed by atoms with E-state index < -0.39 is 18.5 Å². The molecule has 4 N–H and O–H groups in total. The summed E-state index contributed by atoms with van der Waals surface area (Å²) in [5, 5.41) is 37.6. The molecule has 13 heteroatoms. The van der Waals surface area contributed by atoms with Gasteiger partial charge in [-0.25, -0.2) is 4.39 Å². The normalized spacial score (nSPS) is 13.1. The summed E-state index contributed by atoms with van der Waals surface area (Å²) in [5.41, 5.74) is 5.56. The Kier molecular flexibility index (Phi) is 7.34. The smallest absolute Gasteiger partial charge is 0.248 e. The first-order valence-electron chi connectivity index (χ1n) is 12.7. The molecule has 0 unspecified atom stereocenters. The molecule has 42 heavy (non-hydrogen) atoms. The number of aliphatic hydroxyl groups is 1. The SMILES string of the molecule is N#Cc1cnc2c(Cl)cc(N[C@H](c3c[nH]nn3)c3cccc4c3CN(C(=O)CO)C4)cc2c1Nc1ccc(F)c(Cl)c1. The van der Waals surface area contributed by atoms with E-state index in [9.17, 15) is 19.6 Å². The number of H-pyrrole nitrogens is 1. The molecule has 0 spiro atoms. The molecule has 1 aliphatic heterocycles. The van der Waals surface area contributed by atoms with Crippen LogP contribution in [0.2, 0.25) is 10.0 Å². The first-order chi connectivity index (χ1) is 20.4. The Balaban J connectivity index is 1.44. The largest absolute Gasteiger partial charge is 0.387 e. The maximum atomic E-state index is 13.8. The van der Waals surface area contributed by atoms with E-state index in [1.165, 1.54) is 24.4 Å². The highest BCUT2D eigenvalue weighted by molar-refractivity contribution is 6.36. The van der Waals surface area contributed by atoms with Gasteiger partial charge < -0.3 is 20.6 Å². The minimum Gasteiger partial charge on any atom is -0.387 e. The molecule has 210 valence electrons. The molecule has 1 atom stereocenters. The number of fused-ring (bicyclic) bond motifs is 2. The highest BCUT2D eigenvalue weighted by Crippen LogP contribution is 2.38. The van der Waals surface area contributed by atoms with Gasteiger partial charge in [-0.15, -0.1) is 5.10 Å². The Morgan fingerprint density at radius 1 is 1.17 bits per heavy atom. The summed E-state index contributed by atoms with van der Waals surface area (Å²) < 4.78 is 13.8. The van der Waals surface area contributed by atoms with Gasteiger partial charge in [-0.1, -0.05) is 46.6 Å². The van der Waals surface area contributed by atoms with E-state index in [4.69, 9.17) is 23.2 Å². The van der Waals surface area contributed by atoms with Crippen molar-refractivity contribution in [1.29, 1.82) is 5.26 Å². The first kappa shape index (κ1) is 27.4. The fourth-order valence-electron chi connectivity index (χ4n) is 5.10. The molecule has 0 saturated heterocycles. The predicted molar refractivity (Wildman–Crippen MR) is 156 cm³/mol. The van der Waals surface area contributed by atoms with Crippen LogP contribution >= 0.6 is 23.2 Å². The van der Waals surface area contributed by atoms with Crippen molar-refractivity contribution in [2.75, 3.05) is 17.2 Å². The summed E-state index contributed by atoms with van der Waals surface area (Å²) in [6.45, 7) is 0.160. The van der Waals surface area contributed by atoms with Gasteiger partial charge in [0.1, 0.15) is 24.2 Å². The second kappa shape index (κ2) is 11.3. The van der Waals surface area contributed by atoms with Gasteiger partial charge in [-0.3, -0.25) is 14.9 Å². The first-order valence-corrected chi connectivity index (χ1v) is 13.5. The van der Waals surface area contributed by atoms with E-state index in [-0.39, 0.29) is 16.5 Å². The number of anilines is 3. The molecule has 10 nitrogen and oxygen atoms in total. The summed E-state index contributed by atoms with van der Waals surface area (Å²) in [5.74, 6) is -0.917. The number of nitrogens with zero attached hydrogens (tertiary/aromatic N) is 5. The lowest BCUT2D eigenvalue weighted by atomic mass is 9.95. The molecule has 1 amide bonds. The highest BCUT2D eigenvalue weighted by atomic mass is 35.5. The topological polar surface area (TPSA) is 143 Å². The molecule has 6 rings (SSSR count). The third-order valence-electron chi connectivity index (χ3n) is 7.10. The molecule has 2 aromatic heterocycles. The maximum Gasteiger partial charge on any atom is 0.248 e. The van der Waals surface area contributed by atoms with Crippen molar-refractivity contribution in [2.45, 2.75) is 19.1 Å². The number of aromatic nitrogens is 4. The number of nitrogens with one attached hydrogen (secondary N) is 3. The van der Waals surface area contributed by atoms with Crippen molar-refractivity contribution in [3.8, 4) is 6.07 Å². The summed E-state index contributed by atoms with van der Waals surface area (Å²) in [4.78, 5) is 18.2. The Bertz CT molecular complexity index is 1880. The van der Waals surface area contributed by atoms with E-state index >= 15 is 0 Å². The fraction of sp³-hybridized carbons (Fsp3) is 0.138. The van der Waals surface area contributed by atoms with Gasteiger partial charge in [0.2, 0.25) is 5.91 Å². The number of aromatic amines is 1. The molecular formula is C29H21Cl2FN8O2. The van der Waals surface area contributed by atoms with Crippen LogP contribution in [-0.2, 0) is 17.9 Å². The van der Waals surface area contributed by atoms with Crippen molar-refractivity contribution in [3.05, 3.63) is 105 Å². The average molecular weight is 603 g/mol. The lowest BCUT2D eigenvalue weighted by Crippen LogP contribution is -2.28. The standard InChI is InChI=1S/C29H21Cl2FN8O2/c30-22-7-17(4-5-24(22)32)36-27-16(9-33)10-34-28-20(27)6-18(8-23(28)31)37-29(25-11-35-39-38-25)19-3-1-2-15-12-40(13-21(15)19)26(42)14-41/h1-8,10-11,29,37,41H,12-14H2,(H,34,36)(H,35,38,39)/t29-/m0/s1. The van der Waals surface area contributed by atoms with Crippen LogP contribution in [0.25, 0.3) is 10.9 Å². The van der Waals surface area contributed by atoms with Crippen LogP contribution in [0.15, 0.2) is 60.9 Å². The number of hydrogen-bond acceptors (Lipinski definition) is 8. The van der Waals surface area contributed by atoms with Crippen molar-refractivity contribution in [1.82, 2.24) is 25.3 Å². The molecule has 0 aliphatic carbocycles. The van der Waals surface area contributed by atoms with Crippen molar-refractivity contribution in [3.63, 3.8) is 0 Å². The van der Waals surface area contributed by atoms with Crippen LogP contribution in [0.3, 0.4) is 0 Å². The number of amides is 1. The number of carbonyl (C=O) groups is 1. The summed E-state index contributed by atoms with van der Waals surface area (Å²) in [6, 6.07) is 15.1. The average Bonchev–Trinajstić information content (AvgIpc) is 3.68. The molecule has 0 saturated carbocycles. The number of benzene rings is 3. The van der Waals surface area contributed by atoms with Crippen LogP contribution < -0.4 is 10.6 Å². The number of aliphatic hydroxyl groups excluding tert-OH is 1. The Labute approximate surface area is 248 Å². The maximum absolute atomic E-state index is 13.8. The van der Waals surface area contributed by atoms with Crippen LogP contribution in [0.5, 0.6) is 0 Å². The van der Waals surface area contributed by atoms with Crippen molar-refractivity contribution >= 4 is 57.1 Å². The van der Waals surface area contributed by atoms with E-state index in [0.29, 0.717) is 51.8 Å². The van der Waals surface area contributed by atoms with Gasteiger partial charge in [0.15, 0.2) is 0 Å². The molecule has 3 aromatic carbocycles. The van der Waals surface area contributed by atoms with Crippen LogP contribution in [0.1, 0.15) is 34.0 Å². The second-order valence-electron chi connectivity index (χ2n) is 9.64. The number of carbonyl (C=O) groups excluding carboxylic acids is 1. The minimum atomic E-state index is -0.566. The fourth-order valence-corrected chi connectivity index (χ4v) is 5.55. The van der Waals surface area contributed by atoms with Crippen molar-refractivity contribution in [2.24, 2.45) is 0 Å². The van der Waals surface area contributed by atoms with E-state index in [1.807, 2.05) is 18.2 Å². The quantitative estimate of drug-likeness (QED) is 0.192. The zero-order chi connectivity index (χ0) is 29.4. The third-order valence-corrected chi connectivity index (χ3v) is 7.67. The number of halogens is 3.